The van der Waals surface area contributed by atoms with E-state index in [0.717, 1.165) is 5.56 Å². The molecule has 0 aliphatic carbocycles. The normalized spacial score (nSPS) is 11.7. The second kappa shape index (κ2) is 6.17. The van der Waals surface area contributed by atoms with Gasteiger partial charge in [0.25, 0.3) is 0 Å². The van der Waals surface area contributed by atoms with Gasteiger partial charge >= 0.3 is 0 Å². The summed E-state index contributed by atoms with van der Waals surface area (Å²) in [5.41, 5.74) is 7.29. The highest BCUT2D eigenvalue weighted by Crippen LogP contribution is 2.30. The van der Waals surface area contributed by atoms with Crippen LogP contribution in [0.3, 0.4) is 0 Å². The van der Waals surface area contributed by atoms with Crippen LogP contribution >= 0.6 is 0 Å². The van der Waals surface area contributed by atoms with Crippen molar-refractivity contribution in [2.24, 2.45) is 5.73 Å². The fraction of sp³-hybridized carbons (Fsp3) is 0.188. The van der Waals surface area contributed by atoms with Crippen molar-refractivity contribution in [3.8, 4) is 11.5 Å². The van der Waals surface area contributed by atoms with Gasteiger partial charge in [0.15, 0.2) is 0 Å². The number of nitrogens with one attached hydrogen (secondary N) is 1. The zero-order valence-electron chi connectivity index (χ0n) is 12.0. The van der Waals surface area contributed by atoms with Crippen molar-refractivity contribution in [1.82, 2.24) is 0 Å². The van der Waals surface area contributed by atoms with Crippen LogP contribution in [0.5, 0.6) is 11.5 Å². The van der Waals surface area contributed by atoms with E-state index in [0.29, 0.717) is 17.0 Å². The van der Waals surface area contributed by atoms with Crippen molar-refractivity contribution < 1.29 is 14.6 Å². The SMILES string of the molecule is COc1ccc(C(N)=O)cc1NC(C)c1cccc(O)c1. The van der Waals surface area contributed by atoms with Crippen LogP contribution in [-0.4, -0.2) is 18.1 Å². The summed E-state index contributed by atoms with van der Waals surface area (Å²) in [6.07, 6.45) is 0. The summed E-state index contributed by atoms with van der Waals surface area (Å²) in [5.74, 6) is 0.330. The van der Waals surface area contributed by atoms with E-state index in [1.165, 1.54) is 0 Å². The Morgan fingerprint density at radius 1 is 1.29 bits per heavy atom. The Kier molecular flexibility index (Phi) is 4.33. The van der Waals surface area contributed by atoms with E-state index < -0.39 is 5.91 Å². The molecule has 0 radical (unpaired) electrons. The van der Waals surface area contributed by atoms with E-state index in [9.17, 15) is 9.90 Å². The average Bonchev–Trinajstić information content (AvgIpc) is 2.47. The number of phenolic OH excluding ortho intramolecular Hbond substituents is 1. The van der Waals surface area contributed by atoms with Crippen LogP contribution < -0.4 is 15.8 Å². The molecule has 1 amide bonds. The second-order valence-corrected chi connectivity index (χ2v) is 4.74. The molecule has 1 unspecified atom stereocenters. The minimum Gasteiger partial charge on any atom is -0.508 e. The van der Waals surface area contributed by atoms with E-state index in [2.05, 4.69) is 5.32 Å². The number of hydrogen-bond acceptors (Lipinski definition) is 4. The molecule has 2 aromatic carbocycles. The van der Waals surface area contributed by atoms with Gasteiger partial charge in [-0.25, -0.2) is 0 Å². The highest BCUT2D eigenvalue weighted by atomic mass is 16.5. The first kappa shape index (κ1) is 14.7. The van der Waals surface area contributed by atoms with Crippen LogP contribution in [0, 0.1) is 0 Å². The minimum absolute atomic E-state index is 0.0749. The third-order valence-corrected chi connectivity index (χ3v) is 3.23. The summed E-state index contributed by atoms with van der Waals surface area (Å²) in [6, 6.07) is 11.9. The van der Waals surface area contributed by atoms with E-state index in [1.54, 1.807) is 43.5 Å². The van der Waals surface area contributed by atoms with Gasteiger partial charge in [0.2, 0.25) is 5.91 Å². The van der Waals surface area contributed by atoms with Crippen molar-refractivity contribution in [3.05, 3.63) is 53.6 Å². The monoisotopic (exact) mass is 286 g/mol. The summed E-state index contributed by atoms with van der Waals surface area (Å²) in [7, 11) is 1.56. The molecule has 4 N–H and O–H groups in total. The molecular weight excluding hydrogens is 268 g/mol. The van der Waals surface area contributed by atoms with E-state index >= 15 is 0 Å². The van der Waals surface area contributed by atoms with Gasteiger partial charge in [0.1, 0.15) is 11.5 Å². The van der Waals surface area contributed by atoms with Gasteiger partial charge in [-0.2, -0.15) is 0 Å². The molecule has 2 rings (SSSR count). The Hall–Kier alpha value is -2.69. The van der Waals surface area contributed by atoms with Gasteiger partial charge in [-0.05, 0) is 42.8 Å². The number of benzene rings is 2. The van der Waals surface area contributed by atoms with Gasteiger partial charge in [0.05, 0.1) is 12.8 Å². The van der Waals surface area contributed by atoms with Crippen molar-refractivity contribution in [3.63, 3.8) is 0 Å². The molecule has 5 heteroatoms. The first-order valence-electron chi connectivity index (χ1n) is 6.54. The van der Waals surface area contributed by atoms with Crippen LogP contribution in [0.25, 0.3) is 0 Å². The number of carbonyl (C=O) groups is 1. The molecule has 0 heterocycles. The number of nitrogens with two attached hydrogens (primary N) is 1. The quantitative estimate of drug-likeness (QED) is 0.789. The maximum Gasteiger partial charge on any atom is 0.248 e. The number of anilines is 1. The number of carbonyl (C=O) groups excluding carboxylic acids is 1. The maximum absolute atomic E-state index is 11.3. The number of rotatable bonds is 5. The van der Waals surface area contributed by atoms with Gasteiger partial charge < -0.3 is 20.9 Å². The van der Waals surface area contributed by atoms with Crippen LogP contribution in [0.15, 0.2) is 42.5 Å². The van der Waals surface area contributed by atoms with Gasteiger partial charge in [-0.1, -0.05) is 12.1 Å². The summed E-state index contributed by atoms with van der Waals surface area (Å²) in [6.45, 7) is 1.95. The molecule has 0 aliphatic rings. The number of phenols is 1. The molecule has 1 atom stereocenters. The zero-order chi connectivity index (χ0) is 15.4. The largest absolute Gasteiger partial charge is 0.508 e. The molecule has 21 heavy (non-hydrogen) atoms. The number of methoxy groups -OCH3 is 1. The number of aromatic hydroxyl groups is 1. The lowest BCUT2D eigenvalue weighted by atomic mass is 10.1. The molecule has 0 spiro atoms. The minimum atomic E-state index is -0.495. The molecular formula is C16H18N2O3. The van der Waals surface area contributed by atoms with Crippen LogP contribution in [0.2, 0.25) is 0 Å². The Labute approximate surface area is 123 Å². The lowest BCUT2D eigenvalue weighted by molar-refractivity contribution is 0.100. The van der Waals surface area contributed by atoms with Crippen LogP contribution in [0.1, 0.15) is 28.9 Å². The Bertz CT molecular complexity index is 656. The predicted molar refractivity (Wildman–Crippen MR) is 81.7 cm³/mol. The lowest BCUT2D eigenvalue weighted by Gasteiger charge is -2.18. The first-order chi connectivity index (χ1) is 10.0. The van der Waals surface area contributed by atoms with Crippen molar-refractivity contribution in [2.45, 2.75) is 13.0 Å². The van der Waals surface area contributed by atoms with E-state index in [4.69, 9.17) is 10.5 Å². The van der Waals surface area contributed by atoms with Crippen molar-refractivity contribution in [2.75, 3.05) is 12.4 Å². The highest BCUT2D eigenvalue weighted by Gasteiger charge is 2.12. The smallest absolute Gasteiger partial charge is 0.248 e. The Balaban J connectivity index is 2.29. The van der Waals surface area contributed by atoms with Gasteiger partial charge in [-0.15, -0.1) is 0 Å². The number of primary amides is 1. The van der Waals surface area contributed by atoms with Crippen molar-refractivity contribution >= 4 is 11.6 Å². The molecule has 5 nitrogen and oxygen atoms in total. The van der Waals surface area contributed by atoms with Crippen molar-refractivity contribution in [1.29, 1.82) is 0 Å². The highest BCUT2D eigenvalue weighted by molar-refractivity contribution is 5.94. The number of hydrogen-bond donors (Lipinski definition) is 3. The molecule has 0 fully saturated rings. The summed E-state index contributed by atoms with van der Waals surface area (Å²) in [5, 5.41) is 12.8. The maximum atomic E-state index is 11.3. The van der Waals surface area contributed by atoms with Crippen LogP contribution in [0.4, 0.5) is 5.69 Å². The predicted octanol–water partition coefficient (Wildman–Crippen LogP) is 2.67. The topological polar surface area (TPSA) is 84.6 Å². The molecule has 110 valence electrons. The van der Waals surface area contributed by atoms with E-state index in [1.807, 2.05) is 13.0 Å². The number of amides is 1. The summed E-state index contributed by atoms with van der Waals surface area (Å²) < 4.78 is 5.28. The third-order valence-electron chi connectivity index (χ3n) is 3.23. The summed E-state index contributed by atoms with van der Waals surface area (Å²) in [4.78, 5) is 11.3. The first-order valence-corrected chi connectivity index (χ1v) is 6.54. The average molecular weight is 286 g/mol. The zero-order valence-corrected chi connectivity index (χ0v) is 12.0. The molecule has 0 aromatic heterocycles. The Morgan fingerprint density at radius 3 is 2.67 bits per heavy atom. The molecule has 2 aromatic rings. The number of ether oxygens (including phenoxy) is 1. The van der Waals surface area contributed by atoms with Gasteiger partial charge in [-0.3, -0.25) is 4.79 Å². The molecule has 0 bridgehead atoms. The second-order valence-electron chi connectivity index (χ2n) is 4.74. The molecule has 0 saturated heterocycles. The van der Waals surface area contributed by atoms with E-state index in [-0.39, 0.29) is 11.8 Å². The molecule has 0 saturated carbocycles. The standard InChI is InChI=1S/C16H18N2O3/c1-10(11-4-3-5-13(19)8-11)18-14-9-12(16(17)20)6-7-15(14)21-2/h3-10,18-19H,1-2H3,(H2,17,20). The third kappa shape index (κ3) is 3.45. The summed E-state index contributed by atoms with van der Waals surface area (Å²) >= 11 is 0. The molecule has 0 aliphatic heterocycles. The fourth-order valence-corrected chi connectivity index (χ4v) is 2.08. The fourth-order valence-electron chi connectivity index (χ4n) is 2.08. The lowest BCUT2D eigenvalue weighted by Crippen LogP contribution is -2.13. The van der Waals surface area contributed by atoms with Gasteiger partial charge in [0, 0.05) is 11.6 Å². The Morgan fingerprint density at radius 2 is 2.05 bits per heavy atom. The van der Waals surface area contributed by atoms with Crippen LogP contribution in [-0.2, 0) is 0 Å².